The van der Waals surface area contributed by atoms with Gasteiger partial charge in [-0.1, -0.05) is 23.2 Å². The first-order valence-electron chi connectivity index (χ1n) is 8.86. The molecule has 3 aliphatic rings. The Morgan fingerprint density at radius 2 is 2.04 bits per heavy atom. The van der Waals surface area contributed by atoms with Gasteiger partial charge in [-0.25, -0.2) is 0 Å². The van der Waals surface area contributed by atoms with Gasteiger partial charge in [-0.05, 0) is 31.4 Å². The molecule has 136 valence electrons. The van der Waals surface area contributed by atoms with Crippen LogP contribution in [0.25, 0.3) is 0 Å². The Labute approximate surface area is 157 Å². The fourth-order valence-corrected chi connectivity index (χ4v) is 4.89. The number of hydrogen-bond acceptors (Lipinski definition) is 4. The zero-order valence-corrected chi connectivity index (χ0v) is 15.7. The molecule has 3 fully saturated rings. The molecule has 1 aromatic rings. The summed E-state index contributed by atoms with van der Waals surface area (Å²) >= 11 is 12.5. The highest BCUT2D eigenvalue weighted by atomic mass is 35.5. The number of carbonyl (C=O) groups is 1. The van der Waals surface area contributed by atoms with Crippen molar-refractivity contribution < 1.29 is 9.90 Å². The number of benzene rings is 1. The monoisotopic (exact) mass is 383 g/mol. The van der Waals surface area contributed by atoms with Crippen molar-refractivity contribution >= 4 is 29.1 Å². The predicted molar refractivity (Wildman–Crippen MR) is 98.4 cm³/mol. The first-order chi connectivity index (χ1) is 12.0. The summed E-state index contributed by atoms with van der Waals surface area (Å²) in [5.41, 5.74) is 0.680. The van der Waals surface area contributed by atoms with Crippen LogP contribution in [0.1, 0.15) is 24.8 Å². The highest BCUT2D eigenvalue weighted by molar-refractivity contribution is 6.42. The number of amides is 1. The van der Waals surface area contributed by atoms with E-state index in [9.17, 15) is 9.90 Å². The molecule has 0 saturated carbocycles. The molecular formula is C18H23Cl2N3O2. The van der Waals surface area contributed by atoms with E-state index in [1.807, 2.05) is 4.90 Å². The molecule has 0 radical (unpaired) electrons. The molecule has 1 amide bonds. The van der Waals surface area contributed by atoms with Crippen molar-refractivity contribution in [1.82, 2.24) is 15.1 Å². The fraction of sp³-hybridized carbons (Fsp3) is 0.611. The Bertz CT molecular complexity index is 695. The Morgan fingerprint density at radius 3 is 2.72 bits per heavy atom. The van der Waals surface area contributed by atoms with Crippen molar-refractivity contribution in [3.63, 3.8) is 0 Å². The maximum atomic E-state index is 12.7. The number of halogens is 2. The average molecular weight is 384 g/mol. The Balaban J connectivity index is 1.53. The van der Waals surface area contributed by atoms with Crippen molar-refractivity contribution in [1.29, 1.82) is 0 Å². The van der Waals surface area contributed by atoms with E-state index in [-0.39, 0.29) is 23.6 Å². The van der Waals surface area contributed by atoms with E-state index in [1.54, 1.807) is 12.1 Å². The Kier molecular flexibility index (Phi) is 4.61. The van der Waals surface area contributed by atoms with Gasteiger partial charge in [0.15, 0.2) is 0 Å². The Hall–Kier alpha value is -1.01. The van der Waals surface area contributed by atoms with Crippen LogP contribution in [0.5, 0.6) is 5.75 Å². The first-order valence-corrected chi connectivity index (χ1v) is 9.62. The molecule has 0 aliphatic carbocycles. The van der Waals surface area contributed by atoms with Gasteiger partial charge in [0.1, 0.15) is 5.75 Å². The average Bonchev–Trinajstić information content (AvgIpc) is 2.94. The summed E-state index contributed by atoms with van der Waals surface area (Å²) in [5, 5.41) is 14.4. The minimum Gasteiger partial charge on any atom is -0.508 e. The van der Waals surface area contributed by atoms with Crippen molar-refractivity contribution in [2.45, 2.75) is 31.3 Å². The molecule has 5 nitrogen and oxygen atoms in total. The second-order valence-electron chi connectivity index (χ2n) is 7.52. The third-order valence-corrected chi connectivity index (χ3v) is 6.93. The summed E-state index contributed by atoms with van der Waals surface area (Å²) in [6, 6.07) is 3.78. The molecule has 0 aromatic heterocycles. The van der Waals surface area contributed by atoms with Crippen LogP contribution in [0, 0.1) is 5.92 Å². The number of carbonyl (C=O) groups excluding carboxylic acids is 1. The lowest BCUT2D eigenvalue weighted by atomic mass is 9.92. The van der Waals surface area contributed by atoms with E-state index in [2.05, 4.69) is 17.1 Å². The smallest absolute Gasteiger partial charge is 0.237 e. The number of phenols is 1. The highest BCUT2D eigenvalue weighted by Crippen LogP contribution is 2.43. The summed E-state index contributed by atoms with van der Waals surface area (Å²) in [6.07, 6.45) is 0.811. The van der Waals surface area contributed by atoms with E-state index in [0.717, 1.165) is 26.1 Å². The zero-order chi connectivity index (χ0) is 17.7. The highest BCUT2D eigenvalue weighted by Gasteiger charge is 2.44. The standard InChI is InChI=1S/C18H23Cl2N3O2/c1-10(12-5-21-6-12)22-8-13-4-11(7-23(13)16(25)9-22)17-15(24)3-2-14(19)18(17)20/h2-3,10-13,21,24H,4-9H2,1H3. The second kappa shape index (κ2) is 6.62. The van der Waals surface area contributed by atoms with Gasteiger partial charge in [-0.15, -0.1) is 0 Å². The van der Waals surface area contributed by atoms with E-state index < -0.39 is 0 Å². The maximum absolute atomic E-state index is 12.7. The molecular weight excluding hydrogens is 361 g/mol. The van der Waals surface area contributed by atoms with E-state index >= 15 is 0 Å². The molecule has 0 bridgehead atoms. The largest absolute Gasteiger partial charge is 0.508 e. The van der Waals surface area contributed by atoms with Gasteiger partial charge in [0.25, 0.3) is 0 Å². The topological polar surface area (TPSA) is 55.8 Å². The molecule has 4 rings (SSSR count). The number of phenolic OH excluding ortho intramolecular Hbond substituents is 1. The van der Waals surface area contributed by atoms with Crippen LogP contribution in [0.4, 0.5) is 0 Å². The van der Waals surface area contributed by atoms with Crippen LogP contribution in [0.2, 0.25) is 10.0 Å². The minimum absolute atomic E-state index is 0.0285. The lowest BCUT2D eigenvalue weighted by Gasteiger charge is -2.44. The first kappa shape index (κ1) is 17.4. The number of nitrogens with one attached hydrogen (secondary N) is 1. The van der Waals surface area contributed by atoms with Gasteiger partial charge in [0, 0.05) is 49.7 Å². The van der Waals surface area contributed by atoms with Gasteiger partial charge in [0.2, 0.25) is 5.91 Å². The Morgan fingerprint density at radius 1 is 1.28 bits per heavy atom. The molecule has 3 atom stereocenters. The normalized spacial score (nSPS) is 28.8. The summed E-state index contributed by atoms with van der Waals surface area (Å²) < 4.78 is 0. The van der Waals surface area contributed by atoms with Gasteiger partial charge in [-0.2, -0.15) is 0 Å². The van der Waals surface area contributed by atoms with Crippen LogP contribution >= 0.6 is 23.2 Å². The predicted octanol–water partition coefficient (Wildman–Crippen LogP) is 2.31. The molecule has 7 heteroatoms. The number of hydrogen-bond donors (Lipinski definition) is 2. The van der Waals surface area contributed by atoms with E-state index in [0.29, 0.717) is 40.7 Å². The van der Waals surface area contributed by atoms with Gasteiger partial charge in [0.05, 0.1) is 16.6 Å². The van der Waals surface area contributed by atoms with Crippen molar-refractivity contribution in [2.75, 3.05) is 32.7 Å². The van der Waals surface area contributed by atoms with Crippen LogP contribution in [-0.2, 0) is 4.79 Å². The third kappa shape index (κ3) is 3.01. The molecule has 3 heterocycles. The van der Waals surface area contributed by atoms with Crippen molar-refractivity contribution in [3.8, 4) is 5.75 Å². The molecule has 3 aliphatic heterocycles. The number of aromatic hydroxyl groups is 1. The van der Waals surface area contributed by atoms with E-state index in [1.165, 1.54) is 0 Å². The number of piperazine rings is 1. The van der Waals surface area contributed by atoms with Crippen LogP contribution in [0.3, 0.4) is 0 Å². The van der Waals surface area contributed by atoms with Crippen molar-refractivity contribution in [3.05, 3.63) is 27.7 Å². The van der Waals surface area contributed by atoms with Crippen molar-refractivity contribution in [2.24, 2.45) is 5.92 Å². The number of fused-ring (bicyclic) bond motifs is 1. The van der Waals surface area contributed by atoms with Crippen LogP contribution < -0.4 is 5.32 Å². The minimum atomic E-state index is 0.0285. The third-order valence-electron chi connectivity index (χ3n) is 6.11. The van der Waals surface area contributed by atoms with Crippen LogP contribution in [-0.4, -0.2) is 65.6 Å². The summed E-state index contributed by atoms with van der Waals surface area (Å²) in [7, 11) is 0. The SMILES string of the molecule is CC(C1CNC1)N1CC(=O)N2CC(c3c(O)ccc(Cl)c3Cl)CC2C1. The van der Waals surface area contributed by atoms with Gasteiger partial charge < -0.3 is 15.3 Å². The molecule has 0 spiro atoms. The molecule has 3 saturated heterocycles. The van der Waals surface area contributed by atoms with Gasteiger partial charge in [-0.3, -0.25) is 9.69 Å². The molecule has 3 unspecified atom stereocenters. The number of rotatable bonds is 3. The lowest BCUT2D eigenvalue weighted by Crippen LogP contribution is -2.61. The fourth-order valence-electron chi connectivity index (χ4n) is 4.41. The molecule has 2 N–H and O–H groups in total. The van der Waals surface area contributed by atoms with E-state index in [4.69, 9.17) is 23.2 Å². The quantitative estimate of drug-likeness (QED) is 0.840. The van der Waals surface area contributed by atoms with Crippen LogP contribution in [0.15, 0.2) is 12.1 Å². The zero-order valence-electron chi connectivity index (χ0n) is 14.2. The number of nitrogens with zero attached hydrogens (tertiary/aromatic N) is 2. The molecule has 25 heavy (non-hydrogen) atoms. The maximum Gasteiger partial charge on any atom is 0.237 e. The van der Waals surface area contributed by atoms with Gasteiger partial charge >= 0.3 is 0 Å². The molecule has 1 aromatic carbocycles. The second-order valence-corrected chi connectivity index (χ2v) is 8.30. The lowest BCUT2D eigenvalue weighted by molar-refractivity contribution is -0.139. The summed E-state index contributed by atoms with van der Waals surface area (Å²) in [6.45, 7) is 6.27. The summed E-state index contributed by atoms with van der Waals surface area (Å²) in [5.74, 6) is 0.997. The summed E-state index contributed by atoms with van der Waals surface area (Å²) in [4.78, 5) is 17.0.